The monoisotopic (exact) mass is 421 g/mol. The molecule has 4 atom stereocenters. The summed E-state index contributed by atoms with van der Waals surface area (Å²) in [4.78, 5) is 20.7. The second-order valence-corrected chi connectivity index (χ2v) is 8.24. The molecule has 30 heavy (non-hydrogen) atoms. The maximum atomic E-state index is 11.9. The topological polar surface area (TPSA) is 120 Å². The third-order valence-corrected chi connectivity index (χ3v) is 5.08. The minimum atomic E-state index is -0.785. The highest BCUT2D eigenvalue weighted by molar-refractivity contribution is 5.75. The highest BCUT2D eigenvalue weighted by Crippen LogP contribution is 2.45. The maximum absolute atomic E-state index is 11.9. The molecule has 1 aliphatic carbocycles. The fraction of sp³-hybridized carbons (Fsp3) is 0.737. The minimum absolute atomic E-state index is 0.157. The Hall–Kier alpha value is -2.37. The first kappa shape index (κ1) is 20.9. The molecule has 2 aromatic heterocycles. The van der Waals surface area contributed by atoms with E-state index in [2.05, 4.69) is 20.3 Å². The molecule has 2 fully saturated rings. The maximum Gasteiger partial charge on any atom is 0.332 e. The van der Waals surface area contributed by atoms with Crippen LogP contribution in [0.3, 0.4) is 0 Å². The van der Waals surface area contributed by atoms with Gasteiger partial charge in [-0.2, -0.15) is 4.98 Å². The number of ether oxygens (including phenoxy) is 5. The lowest BCUT2D eigenvalue weighted by atomic mass is 10.2. The largest absolute Gasteiger partial charge is 0.479 e. The van der Waals surface area contributed by atoms with Crippen molar-refractivity contribution in [3.63, 3.8) is 0 Å². The van der Waals surface area contributed by atoms with Crippen LogP contribution in [0.1, 0.15) is 46.0 Å². The Bertz CT molecular complexity index is 945. The normalized spacial score (nSPS) is 27.6. The van der Waals surface area contributed by atoms with Gasteiger partial charge in [0.15, 0.2) is 17.0 Å². The van der Waals surface area contributed by atoms with Crippen LogP contribution < -0.4 is 4.74 Å². The molecule has 11 heteroatoms. The number of fused-ring (bicyclic) bond motifs is 2. The summed E-state index contributed by atoms with van der Waals surface area (Å²) in [6.07, 6.45) is -0.747. The van der Waals surface area contributed by atoms with Gasteiger partial charge in [-0.15, -0.1) is 5.10 Å². The van der Waals surface area contributed by atoms with Crippen molar-refractivity contribution in [1.29, 1.82) is 0 Å². The second-order valence-electron chi connectivity index (χ2n) is 8.24. The Labute approximate surface area is 174 Å². The number of aromatic nitrogens is 5. The van der Waals surface area contributed by atoms with Crippen LogP contribution in [0.15, 0.2) is 0 Å². The molecule has 2 aromatic rings. The van der Waals surface area contributed by atoms with E-state index in [4.69, 9.17) is 23.7 Å². The molecule has 0 aromatic carbocycles. The number of hydrogen-bond donors (Lipinski definition) is 0. The van der Waals surface area contributed by atoms with Gasteiger partial charge in [-0.3, -0.25) is 0 Å². The highest BCUT2D eigenvalue weighted by Gasteiger charge is 2.56. The Kier molecular flexibility index (Phi) is 5.37. The lowest BCUT2D eigenvalue weighted by Crippen LogP contribution is -2.33. The fourth-order valence-electron chi connectivity index (χ4n) is 4.06. The van der Waals surface area contributed by atoms with Crippen LogP contribution in [0.25, 0.3) is 11.2 Å². The molecule has 0 spiro atoms. The summed E-state index contributed by atoms with van der Waals surface area (Å²) in [6.45, 7) is 8.91. The van der Waals surface area contributed by atoms with Crippen molar-refractivity contribution in [2.24, 2.45) is 0 Å². The first-order valence-electron chi connectivity index (χ1n) is 9.98. The summed E-state index contributed by atoms with van der Waals surface area (Å²) in [6, 6.07) is -0.244. The number of methoxy groups -OCH3 is 1. The van der Waals surface area contributed by atoms with Crippen LogP contribution in [-0.2, 0) is 23.7 Å². The number of carbonyl (C=O) groups excluding carboxylic acids is 1. The van der Waals surface area contributed by atoms with E-state index >= 15 is 0 Å². The zero-order valence-electron chi connectivity index (χ0n) is 18.0. The van der Waals surface area contributed by atoms with Crippen molar-refractivity contribution in [2.75, 3.05) is 13.7 Å². The van der Waals surface area contributed by atoms with Crippen molar-refractivity contribution in [2.45, 2.75) is 77.3 Å². The van der Waals surface area contributed by atoms with Gasteiger partial charge in [0.2, 0.25) is 5.88 Å². The molecule has 0 radical (unpaired) electrons. The van der Waals surface area contributed by atoms with Crippen molar-refractivity contribution < 1.29 is 28.5 Å². The van der Waals surface area contributed by atoms with E-state index in [9.17, 15) is 4.79 Å². The van der Waals surface area contributed by atoms with Gasteiger partial charge in [-0.1, -0.05) is 5.21 Å². The Morgan fingerprint density at radius 1 is 1.27 bits per heavy atom. The molecule has 1 saturated carbocycles. The van der Waals surface area contributed by atoms with Gasteiger partial charge in [-0.05, 0) is 34.6 Å². The van der Waals surface area contributed by atoms with Crippen LogP contribution >= 0.6 is 0 Å². The summed E-state index contributed by atoms with van der Waals surface area (Å²) in [7, 11) is 1.53. The van der Waals surface area contributed by atoms with E-state index in [0.717, 1.165) is 0 Å². The average Bonchev–Trinajstić information content (AvgIpc) is 3.29. The first-order valence-corrected chi connectivity index (χ1v) is 9.98. The molecule has 0 bridgehead atoms. The summed E-state index contributed by atoms with van der Waals surface area (Å²) >= 11 is 0. The second kappa shape index (κ2) is 7.71. The average molecular weight is 421 g/mol. The minimum Gasteiger partial charge on any atom is -0.479 e. The van der Waals surface area contributed by atoms with Gasteiger partial charge in [0.05, 0.1) is 25.4 Å². The van der Waals surface area contributed by atoms with Crippen molar-refractivity contribution >= 4 is 17.1 Å². The van der Waals surface area contributed by atoms with E-state index < -0.39 is 11.8 Å². The number of aryl methyl sites for hydroxylation is 1. The first-order chi connectivity index (χ1) is 14.2. The van der Waals surface area contributed by atoms with Crippen LogP contribution in [-0.4, -0.2) is 74.9 Å². The zero-order chi connectivity index (χ0) is 21.6. The number of carbonyl (C=O) groups is 1. The Balaban J connectivity index is 1.62. The van der Waals surface area contributed by atoms with Crippen molar-refractivity contribution in [3.8, 4) is 5.88 Å². The molecular formula is C19H27N5O6. The molecule has 0 amide bonds. The van der Waals surface area contributed by atoms with Gasteiger partial charge in [0.25, 0.3) is 0 Å². The quantitative estimate of drug-likeness (QED) is 0.632. The fourth-order valence-corrected chi connectivity index (χ4v) is 4.06. The van der Waals surface area contributed by atoms with Crippen LogP contribution in [0.5, 0.6) is 5.88 Å². The van der Waals surface area contributed by atoms with Gasteiger partial charge in [0, 0.05) is 6.42 Å². The third-order valence-electron chi connectivity index (χ3n) is 5.08. The number of hydrogen-bond acceptors (Lipinski definition) is 10. The molecule has 2 aliphatic rings. The van der Waals surface area contributed by atoms with E-state index in [0.29, 0.717) is 29.3 Å². The molecule has 164 valence electrons. The van der Waals surface area contributed by atoms with Gasteiger partial charge >= 0.3 is 5.97 Å². The van der Waals surface area contributed by atoms with Crippen molar-refractivity contribution in [1.82, 2.24) is 25.0 Å². The number of nitrogens with zero attached hydrogens (tertiary/aromatic N) is 5. The molecule has 4 rings (SSSR count). The number of esters is 1. The third kappa shape index (κ3) is 3.84. The lowest BCUT2D eigenvalue weighted by molar-refractivity contribution is -0.175. The molecule has 0 N–H and O–H groups in total. The number of rotatable bonds is 6. The summed E-state index contributed by atoms with van der Waals surface area (Å²) in [5.41, 5.74) is 1.03. The smallest absolute Gasteiger partial charge is 0.332 e. The summed E-state index contributed by atoms with van der Waals surface area (Å²) in [5, 5.41) is 8.51. The predicted octanol–water partition coefficient (Wildman–Crippen LogP) is 1.34. The standard InChI is InChI=1S/C19H27N5O6/c1-9(2)28-13(25)8-27-12-7-11(15-16(12)30-19(4,5)29-15)24-17-14(22-23-24)18(26-6)21-10(3)20-17/h9,11-12,15-16H,7-8H2,1-6H3/t11-,12+,15+,16-/m1/s1. The van der Waals surface area contributed by atoms with Gasteiger partial charge < -0.3 is 23.7 Å². The van der Waals surface area contributed by atoms with Gasteiger partial charge in [-0.25, -0.2) is 14.5 Å². The molecule has 0 unspecified atom stereocenters. The van der Waals surface area contributed by atoms with Crippen LogP contribution in [0.4, 0.5) is 0 Å². The Morgan fingerprint density at radius 2 is 2.00 bits per heavy atom. The molecule has 1 aliphatic heterocycles. The zero-order valence-corrected chi connectivity index (χ0v) is 18.0. The van der Waals surface area contributed by atoms with Crippen molar-refractivity contribution in [3.05, 3.63) is 5.82 Å². The van der Waals surface area contributed by atoms with E-state index in [1.54, 1.807) is 25.5 Å². The van der Waals surface area contributed by atoms with E-state index in [-0.39, 0.29) is 37.1 Å². The molecule has 11 nitrogen and oxygen atoms in total. The van der Waals surface area contributed by atoms with Gasteiger partial charge in [0.1, 0.15) is 24.6 Å². The highest BCUT2D eigenvalue weighted by atomic mass is 16.8. The molecule has 3 heterocycles. The Morgan fingerprint density at radius 3 is 2.70 bits per heavy atom. The van der Waals surface area contributed by atoms with E-state index in [1.807, 2.05) is 13.8 Å². The summed E-state index contributed by atoms with van der Waals surface area (Å²) < 4.78 is 30.3. The molecular weight excluding hydrogens is 394 g/mol. The van der Waals surface area contributed by atoms with Crippen LogP contribution in [0, 0.1) is 6.92 Å². The SMILES string of the molecule is COc1nc(C)nc2c1nnn2[C@@H]1C[C@H](OCC(=O)OC(C)C)[C@H]2OC(C)(C)O[C@H]21. The van der Waals surface area contributed by atoms with E-state index in [1.165, 1.54) is 7.11 Å². The predicted molar refractivity (Wildman–Crippen MR) is 103 cm³/mol. The lowest BCUT2D eigenvalue weighted by Gasteiger charge is -2.23. The summed E-state index contributed by atoms with van der Waals surface area (Å²) in [5.74, 6) is -0.285. The molecule has 1 saturated heterocycles. The van der Waals surface area contributed by atoms with Crippen LogP contribution in [0.2, 0.25) is 0 Å².